The summed E-state index contributed by atoms with van der Waals surface area (Å²) in [4.78, 5) is 12.5. The smallest absolute Gasteiger partial charge is 0.255 e. The van der Waals surface area contributed by atoms with E-state index in [9.17, 15) is 4.79 Å². The number of nitrogens with zero attached hydrogens (tertiary/aromatic N) is 2. The average molecular weight is 413 g/mol. The Labute approximate surface area is 174 Å². The zero-order chi connectivity index (χ0) is 18.2. The second-order valence-corrected chi connectivity index (χ2v) is 8.27. The van der Waals surface area contributed by atoms with Crippen molar-refractivity contribution in [2.24, 2.45) is 12.5 Å². The molecule has 0 radical (unpaired) electrons. The molecule has 2 atom stereocenters. The maximum Gasteiger partial charge on any atom is 0.255 e. The topological polar surface area (TPSA) is 59.0 Å². The van der Waals surface area contributed by atoms with Gasteiger partial charge in [0.1, 0.15) is 0 Å². The summed E-state index contributed by atoms with van der Waals surface area (Å²) in [7, 11) is 1.85. The number of carbonyl (C=O) groups is 1. The van der Waals surface area contributed by atoms with Crippen molar-refractivity contribution in [2.75, 3.05) is 11.9 Å². The second-order valence-electron chi connectivity index (χ2n) is 8.27. The molecule has 1 aromatic carbocycles. The fourth-order valence-electron chi connectivity index (χ4n) is 3.05. The van der Waals surface area contributed by atoms with Crippen LogP contribution in [0.2, 0.25) is 0 Å². The lowest BCUT2D eigenvalue weighted by Gasteiger charge is -2.18. The standard InChI is InChI=1S/C20H28N4O.2ClH/c1-13-18(11-24(5)23-13)22-19(25)15-8-6-7-14(9-15)16-10-17(16)21-12-20(2,3)4;;/h6-9,11,16-17,21H,10,12H2,1-5H3,(H,22,25);2*1H. The van der Waals surface area contributed by atoms with Gasteiger partial charge in [-0.3, -0.25) is 9.48 Å². The Morgan fingerprint density at radius 2 is 2.00 bits per heavy atom. The molecule has 2 aromatic rings. The van der Waals surface area contributed by atoms with Crippen LogP contribution < -0.4 is 10.6 Å². The monoisotopic (exact) mass is 412 g/mol. The molecule has 27 heavy (non-hydrogen) atoms. The zero-order valence-electron chi connectivity index (χ0n) is 16.6. The highest BCUT2D eigenvalue weighted by molar-refractivity contribution is 6.04. The van der Waals surface area contributed by atoms with Crippen molar-refractivity contribution in [1.82, 2.24) is 15.1 Å². The number of halogens is 2. The highest BCUT2D eigenvalue weighted by atomic mass is 35.5. The van der Waals surface area contributed by atoms with Gasteiger partial charge in [0, 0.05) is 37.3 Å². The minimum atomic E-state index is -0.0854. The Bertz CT molecular complexity index is 783. The lowest BCUT2D eigenvalue weighted by atomic mass is 9.97. The van der Waals surface area contributed by atoms with Crippen molar-refractivity contribution < 1.29 is 4.79 Å². The summed E-state index contributed by atoms with van der Waals surface area (Å²) < 4.78 is 1.71. The number of nitrogens with one attached hydrogen (secondary N) is 2. The van der Waals surface area contributed by atoms with E-state index in [1.165, 1.54) is 5.56 Å². The van der Waals surface area contributed by atoms with Gasteiger partial charge in [-0.15, -0.1) is 24.8 Å². The van der Waals surface area contributed by atoms with Crippen LogP contribution in [0.3, 0.4) is 0 Å². The highest BCUT2D eigenvalue weighted by Crippen LogP contribution is 2.41. The summed E-state index contributed by atoms with van der Waals surface area (Å²) in [5, 5.41) is 10.8. The largest absolute Gasteiger partial charge is 0.319 e. The van der Waals surface area contributed by atoms with Crippen molar-refractivity contribution in [3.05, 3.63) is 47.3 Å². The Morgan fingerprint density at radius 1 is 1.30 bits per heavy atom. The molecule has 7 heteroatoms. The van der Waals surface area contributed by atoms with E-state index in [1.54, 1.807) is 4.68 Å². The number of anilines is 1. The Hall–Kier alpha value is -1.56. The van der Waals surface area contributed by atoms with Crippen molar-refractivity contribution in [3.63, 3.8) is 0 Å². The third-order valence-corrected chi connectivity index (χ3v) is 4.52. The first-order chi connectivity index (χ1) is 11.7. The lowest BCUT2D eigenvalue weighted by molar-refractivity contribution is 0.102. The van der Waals surface area contributed by atoms with Crippen LogP contribution in [0.5, 0.6) is 0 Å². The molecule has 1 aliphatic rings. The first kappa shape index (κ1) is 23.5. The number of hydrogen-bond donors (Lipinski definition) is 2. The predicted octanol–water partition coefficient (Wildman–Crippen LogP) is 4.32. The molecule has 0 bridgehead atoms. The molecule has 0 spiro atoms. The van der Waals surface area contributed by atoms with Crippen LogP contribution in [-0.2, 0) is 7.05 Å². The van der Waals surface area contributed by atoms with E-state index >= 15 is 0 Å². The summed E-state index contributed by atoms with van der Waals surface area (Å²) in [5.41, 5.74) is 3.80. The Morgan fingerprint density at radius 3 is 2.59 bits per heavy atom. The number of aromatic nitrogens is 2. The predicted molar refractivity (Wildman–Crippen MR) is 115 cm³/mol. The quantitative estimate of drug-likeness (QED) is 0.768. The molecule has 0 saturated heterocycles. The number of amides is 1. The first-order valence-electron chi connectivity index (χ1n) is 8.88. The van der Waals surface area contributed by atoms with Gasteiger partial charge < -0.3 is 10.6 Å². The molecule has 2 N–H and O–H groups in total. The minimum Gasteiger partial charge on any atom is -0.319 e. The zero-order valence-corrected chi connectivity index (χ0v) is 18.2. The van der Waals surface area contributed by atoms with Gasteiger partial charge in [0.2, 0.25) is 0 Å². The SMILES string of the molecule is Cc1nn(C)cc1NC(=O)c1cccc(C2CC2NCC(C)(C)C)c1.Cl.Cl. The van der Waals surface area contributed by atoms with Crippen LogP contribution in [0.25, 0.3) is 0 Å². The van der Waals surface area contributed by atoms with Gasteiger partial charge in [0.05, 0.1) is 11.4 Å². The van der Waals surface area contributed by atoms with E-state index in [-0.39, 0.29) is 36.1 Å². The summed E-state index contributed by atoms with van der Waals surface area (Å²) in [6, 6.07) is 8.50. The molecule has 1 aromatic heterocycles. The third kappa shape index (κ3) is 6.23. The maximum absolute atomic E-state index is 12.5. The van der Waals surface area contributed by atoms with Gasteiger partial charge in [0.15, 0.2) is 0 Å². The summed E-state index contributed by atoms with van der Waals surface area (Å²) in [6.45, 7) is 9.62. The summed E-state index contributed by atoms with van der Waals surface area (Å²) >= 11 is 0. The van der Waals surface area contributed by atoms with E-state index in [4.69, 9.17) is 0 Å². The highest BCUT2D eigenvalue weighted by Gasteiger charge is 2.38. The van der Waals surface area contributed by atoms with Gasteiger partial charge in [0.25, 0.3) is 5.91 Å². The summed E-state index contributed by atoms with van der Waals surface area (Å²) in [6.07, 6.45) is 2.97. The van der Waals surface area contributed by atoms with Gasteiger partial charge in [-0.1, -0.05) is 32.9 Å². The number of hydrogen-bond acceptors (Lipinski definition) is 3. The first-order valence-corrected chi connectivity index (χ1v) is 8.88. The Balaban J connectivity index is 0.00000182. The van der Waals surface area contributed by atoms with Crippen molar-refractivity contribution in [3.8, 4) is 0 Å². The molecule has 3 rings (SSSR count). The van der Waals surface area contributed by atoms with Crippen LogP contribution in [0, 0.1) is 12.3 Å². The van der Waals surface area contributed by atoms with E-state index in [2.05, 4.69) is 42.6 Å². The van der Waals surface area contributed by atoms with Crippen LogP contribution in [-0.4, -0.2) is 28.3 Å². The molecule has 1 aliphatic carbocycles. The van der Waals surface area contributed by atoms with Crippen LogP contribution in [0.15, 0.2) is 30.5 Å². The van der Waals surface area contributed by atoms with E-state index in [0.717, 1.165) is 24.3 Å². The fraction of sp³-hybridized carbons (Fsp3) is 0.500. The maximum atomic E-state index is 12.5. The minimum absolute atomic E-state index is 0. The summed E-state index contributed by atoms with van der Waals surface area (Å²) in [5.74, 6) is 0.424. The van der Waals surface area contributed by atoms with Gasteiger partial charge in [-0.25, -0.2) is 0 Å². The molecular weight excluding hydrogens is 383 g/mol. The molecule has 1 fully saturated rings. The molecule has 0 aliphatic heterocycles. The number of carbonyl (C=O) groups excluding carboxylic acids is 1. The lowest BCUT2D eigenvalue weighted by Crippen LogP contribution is -2.29. The fourth-order valence-corrected chi connectivity index (χ4v) is 3.05. The van der Waals surface area contributed by atoms with Crippen molar-refractivity contribution >= 4 is 36.4 Å². The van der Waals surface area contributed by atoms with Crippen LogP contribution in [0.1, 0.15) is 54.7 Å². The van der Waals surface area contributed by atoms with Crippen molar-refractivity contribution in [1.29, 1.82) is 0 Å². The molecule has 1 saturated carbocycles. The van der Waals surface area contributed by atoms with Gasteiger partial charge in [-0.2, -0.15) is 5.10 Å². The Kier molecular flexibility index (Phi) is 7.90. The number of aryl methyl sites for hydroxylation is 2. The van der Waals surface area contributed by atoms with Crippen LogP contribution in [0.4, 0.5) is 5.69 Å². The average Bonchev–Trinajstić information content (AvgIpc) is 3.24. The number of rotatable bonds is 5. The molecule has 1 heterocycles. The van der Waals surface area contributed by atoms with Crippen LogP contribution >= 0.6 is 24.8 Å². The van der Waals surface area contributed by atoms with E-state index in [1.807, 2.05) is 38.4 Å². The van der Waals surface area contributed by atoms with Crippen molar-refractivity contribution in [2.45, 2.75) is 46.1 Å². The molecule has 150 valence electrons. The molecule has 1 amide bonds. The van der Waals surface area contributed by atoms with Gasteiger partial charge in [-0.05, 0) is 36.5 Å². The molecule has 5 nitrogen and oxygen atoms in total. The number of benzene rings is 1. The van der Waals surface area contributed by atoms with E-state index in [0.29, 0.717) is 17.5 Å². The van der Waals surface area contributed by atoms with Gasteiger partial charge >= 0.3 is 0 Å². The second kappa shape index (κ2) is 9.09. The van der Waals surface area contributed by atoms with E-state index < -0.39 is 0 Å². The third-order valence-electron chi connectivity index (χ3n) is 4.52. The normalized spacial score (nSPS) is 18.3. The molecular formula is C20H30Cl2N4O. The molecule has 2 unspecified atom stereocenters.